The van der Waals surface area contributed by atoms with Crippen LogP contribution in [0, 0.1) is 29.7 Å². The van der Waals surface area contributed by atoms with Gasteiger partial charge in [-0.2, -0.15) is 25.3 Å². The number of benzene rings is 12. The second-order valence-electron chi connectivity index (χ2n) is 28.3. The van der Waals surface area contributed by atoms with Crippen LogP contribution >= 0.6 is 0 Å². The first-order chi connectivity index (χ1) is 61.2. The molecule has 12 rings (SSSR count). The molecule has 0 unspecified atom stereocenters. The zero-order valence-electron chi connectivity index (χ0n) is 75.3. The standard InChI is InChI=1S/C27H29O5S2.C26H27O5S2.C25H25O5S2.C24H23O3S.4CH3/c1-22(2)27(28)31-20-10-5-11-21-34(29,30)32-23-16-18-26(19-17-23)33(24-12-6-3-7-13-24)25-14-8-4-9-15-25;1-21(2)26(27)30-19-9-10-20-33(28,29)31-22-15-17-25(18-16-22)32(23-11-5-3-6-12-23)24-13-7-4-8-14-24;1-20(2)25(26)29-18-9-19-32(27,28)30-21-14-16-24(17-15-21)31(22-10-5-3-6-11-22)23-12-7-4-8-13-23;1-19(2)24(25)27-18-17-26-20-13-15-23(16-14-20)28(21-9-5-3-6-10-21)22-11-7-4-8-12-22;;;;/h3-4,6-9,12-19H,1,5,10-11,20-21H2,2H3;3-8,11-18H,1,9-10,19-20H2,2H3;3-8,10-17H,1,9,18-19H2,2H3;3-16H,1,17-18H2,2H3;4*1H3/q4*+1;4*-1. The summed E-state index contributed by atoms with van der Waals surface area (Å²) in [5, 5.41) is 0. The van der Waals surface area contributed by atoms with Gasteiger partial charge in [-0.3, -0.25) is 0 Å². The van der Waals surface area contributed by atoms with E-state index >= 15 is 0 Å². The van der Waals surface area contributed by atoms with Crippen molar-refractivity contribution in [2.45, 2.75) is 125 Å². The van der Waals surface area contributed by atoms with E-state index < -0.39 is 54.2 Å². The van der Waals surface area contributed by atoms with Crippen LogP contribution in [0.25, 0.3) is 0 Å². The summed E-state index contributed by atoms with van der Waals surface area (Å²) in [6.07, 6.45) is 2.53. The van der Waals surface area contributed by atoms with Crippen molar-refractivity contribution in [1.29, 1.82) is 0 Å². The van der Waals surface area contributed by atoms with Crippen molar-refractivity contribution < 1.29 is 80.7 Å². The molecule has 0 N–H and O–H groups in total. The molecule has 0 spiro atoms. The van der Waals surface area contributed by atoms with Gasteiger partial charge in [0.25, 0.3) is 0 Å². The highest BCUT2D eigenvalue weighted by molar-refractivity contribution is 7.98. The molecular formula is C106H116O18S7. The number of carbonyl (C=O) groups excluding carboxylic acids is 4. The Kier molecular flexibility index (Phi) is 47.8. The first kappa shape index (κ1) is 109. The van der Waals surface area contributed by atoms with Gasteiger partial charge in [0.1, 0.15) is 36.2 Å². The van der Waals surface area contributed by atoms with Crippen molar-refractivity contribution in [3.63, 3.8) is 0 Å². The predicted molar refractivity (Wildman–Crippen MR) is 531 cm³/mol. The van der Waals surface area contributed by atoms with Crippen LogP contribution in [0.1, 0.15) is 66.2 Å². The lowest BCUT2D eigenvalue weighted by Gasteiger charge is -2.10. The van der Waals surface area contributed by atoms with Gasteiger partial charge in [0, 0.05) is 22.3 Å². The number of esters is 4. The van der Waals surface area contributed by atoms with Gasteiger partial charge in [0.2, 0.25) is 0 Å². The van der Waals surface area contributed by atoms with Crippen LogP contribution < -0.4 is 17.3 Å². The highest BCUT2D eigenvalue weighted by Crippen LogP contribution is 2.37. The second-order valence-corrected chi connectivity index (χ2v) is 41.5. The monoisotopic (exact) mass is 1900 g/mol. The maximum atomic E-state index is 12.4. The molecule has 12 aromatic carbocycles. The maximum absolute atomic E-state index is 12.4. The minimum atomic E-state index is -3.80. The summed E-state index contributed by atoms with van der Waals surface area (Å²) in [5.74, 6) is -0.769. The summed E-state index contributed by atoms with van der Waals surface area (Å²) in [6, 6.07) is 112. The Morgan fingerprint density at radius 2 is 0.397 bits per heavy atom. The Balaban J connectivity index is 0.000000307. The fourth-order valence-electron chi connectivity index (χ4n) is 11.7. The Morgan fingerprint density at radius 1 is 0.221 bits per heavy atom. The molecule has 0 fully saturated rings. The van der Waals surface area contributed by atoms with Crippen molar-refractivity contribution in [3.8, 4) is 23.0 Å². The molecule has 0 bridgehead atoms. The van der Waals surface area contributed by atoms with E-state index in [1.807, 2.05) is 170 Å². The molecule has 0 heterocycles. The van der Waals surface area contributed by atoms with Crippen molar-refractivity contribution in [2.24, 2.45) is 0 Å². The third-order valence-corrected chi connectivity index (χ3v) is 30.4. The van der Waals surface area contributed by atoms with Gasteiger partial charge in [0.05, 0.1) is 80.7 Å². The highest BCUT2D eigenvalue weighted by atomic mass is 32.2. The van der Waals surface area contributed by atoms with Crippen LogP contribution in [0.3, 0.4) is 0 Å². The predicted octanol–water partition coefficient (Wildman–Crippen LogP) is 23.3. The zero-order valence-corrected chi connectivity index (χ0v) is 81.0. The van der Waals surface area contributed by atoms with E-state index in [4.69, 9.17) is 36.2 Å². The number of carbonyl (C=O) groups is 4. The molecule has 131 heavy (non-hydrogen) atoms. The first-order valence-corrected chi connectivity index (χ1v) is 50.3. The molecule has 0 saturated carbocycles. The SMILES string of the molecule is C=C(C)C(=O)OCCCCCS(=O)(=O)Oc1ccc([S+](c2ccccc2)c2ccccc2)cc1.C=C(C)C(=O)OCCCCS(=O)(=O)Oc1ccc([S+](c2ccccc2)c2ccccc2)cc1.C=C(C)C(=O)OCCCS(=O)(=O)Oc1ccc([S+](c2ccccc2)c2ccccc2)cc1.C=C(C)C(=O)OCCOc1ccc([S+](c2ccccc2)c2ccccc2)cc1.[CH3-].[CH3-].[CH3-].[CH3-]. The molecule has 0 radical (unpaired) electrons. The topological polar surface area (TPSA) is 245 Å². The van der Waals surface area contributed by atoms with Crippen LogP contribution in [0.15, 0.2) is 447 Å². The van der Waals surface area contributed by atoms with Gasteiger partial charge in [-0.25, -0.2) is 19.2 Å². The van der Waals surface area contributed by atoms with Crippen molar-refractivity contribution in [2.75, 3.05) is 50.3 Å². The summed E-state index contributed by atoms with van der Waals surface area (Å²) in [4.78, 5) is 59.4. The summed E-state index contributed by atoms with van der Waals surface area (Å²) >= 11 is 0. The van der Waals surface area contributed by atoms with E-state index in [1.54, 1.807) is 57.2 Å². The van der Waals surface area contributed by atoms with E-state index in [9.17, 15) is 44.4 Å². The molecule has 690 valence electrons. The smallest absolute Gasteiger partial charge is 0.333 e. The molecule has 0 saturated heterocycles. The molecule has 0 aliphatic carbocycles. The van der Waals surface area contributed by atoms with Gasteiger partial charge < -0.3 is 65.9 Å². The normalized spacial score (nSPS) is 10.7. The second kappa shape index (κ2) is 57.2. The van der Waals surface area contributed by atoms with Crippen molar-refractivity contribution in [3.05, 3.63) is 418 Å². The van der Waals surface area contributed by atoms with Gasteiger partial charge in [0.15, 0.2) is 58.7 Å². The summed E-state index contributed by atoms with van der Waals surface area (Å²) in [7, 11) is -12.4. The molecule has 0 amide bonds. The van der Waals surface area contributed by atoms with Crippen molar-refractivity contribution in [1.82, 2.24) is 0 Å². The fourth-order valence-corrected chi connectivity index (χ4v) is 23.1. The van der Waals surface area contributed by atoms with E-state index in [1.165, 1.54) is 51.0 Å². The lowest BCUT2D eigenvalue weighted by atomic mass is 10.3. The quantitative estimate of drug-likeness (QED) is 0.00657. The maximum Gasteiger partial charge on any atom is 0.333 e. The minimum absolute atomic E-state index is 0. The van der Waals surface area contributed by atoms with Gasteiger partial charge >= 0.3 is 54.2 Å². The van der Waals surface area contributed by atoms with E-state index in [0.717, 1.165) is 20.4 Å². The van der Waals surface area contributed by atoms with Crippen LogP contribution in [-0.4, -0.2) is 99.4 Å². The van der Waals surface area contributed by atoms with Crippen LogP contribution in [-0.2, 0) is 112 Å². The Labute approximate surface area is 788 Å². The molecule has 12 aromatic rings. The molecule has 25 heteroatoms. The molecule has 0 aromatic heterocycles. The largest absolute Gasteiger partial charge is 0.490 e. The Bertz CT molecular complexity index is 5680. The lowest BCUT2D eigenvalue weighted by Crippen LogP contribution is -2.16. The summed E-state index contributed by atoms with van der Waals surface area (Å²) in [6.45, 7) is 21.3. The van der Waals surface area contributed by atoms with Gasteiger partial charge in [-0.15, -0.1) is 0 Å². The van der Waals surface area contributed by atoms with Crippen LogP contribution in [0.5, 0.6) is 23.0 Å². The number of ether oxygens (including phenoxy) is 5. The first-order valence-electron chi connectivity index (χ1n) is 40.7. The fraction of sp³-hybridized carbons (Fsp3) is 0.170. The lowest BCUT2D eigenvalue weighted by molar-refractivity contribution is -0.140. The Hall–Kier alpha value is -12.1. The van der Waals surface area contributed by atoms with Gasteiger partial charge in [-0.1, -0.05) is 172 Å². The van der Waals surface area contributed by atoms with E-state index in [2.05, 4.69) is 160 Å². The number of hydrogen-bond donors (Lipinski definition) is 0. The Morgan fingerprint density at radius 3 is 0.618 bits per heavy atom. The zero-order chi connectivity index (χ0) is 90.8. The van der Waals surface area contributed by atoms with Crippen molar-refractivity contribution >= 4 is 97.8 Å². The van der Waals surface area contributed by atoms with E-state index in [0.29, 0.717) is 61.2 Å². The molecule has 0 atom stereocenters. The third-order valence-electron chi connectivity index (χ3n) is 17.8. The molecule has 18 nitrogen and oxygen atoms in total. The average Bonchev–Trinajstić information content (AvgIpc) is 0.779. The summed E-state index contributed by atoms with van der Waals surface area (Å²) in [5.41, 5.74) is 1.32. The van der Waals surface area contributed by atoms with Crippen LogP contribution in [0.2, 0.25) is 0 Å². The number of rotatable bonds is 41. The third kappa shape index (κ3) is 37.7. The molecular weight excluding hydrogens is 1790 g/mol. The average molecular weight is 1900 g/mol. The number of unbranched alkanes of at least 4 members (excludes halogenated alkanes) is 3. The molecule has 0 aliphatic rings. The van der Waals surface area contributed by atoms with Crippen LogP contribution in [0.4, 0.5) is 0 Å². The molecule has 0 aliphatic heterocycles. The summed E-state index contributed by atoms with van der Waals surface area (Å²) < 4.78 is 115. The van der Waals surface area contributed by atoms with Gasteiger partial charge in [-0.05, 0) is 260 Å². The minimum Gasteiger partial charge on any atom is -0.490 e. The number of hydrogen-bond acceptors (Lipinski definition) is 18. The van der Waals surface area contributed by atoms with E-state index in [-0.39, 0.29) is 140 Å². The highest BCUT2D eigenvalue weighted by Gasteiger charge is 2.33.